The molecule has 20 heavy (non-hydrogen) atoms. The molecule has 0 bridgehead atoms. The Morgan fingerprint density at radius 3 is 2.75 bits per heavy atom. The van der Waals surface area contributed by atoms with Gasteiger partial charge in [-0.3, -0.25) is 9.48 Å². The Labute approximate surface area is 118 Å². The number of amides is 1. The summed E-state index contributed by atoms with van der Waals surface area (Å²) in [6.07, 6.45) is 1.72. The lowest BCUT2D eigenvalue weighted by Crippen LogP contribution is -2.31. The highest BCUT2D eigenvalue weighted by Gasteiger charge is 2.12. The molecule has 0 aliphatic rings. The van der Waals surface area contributed by atoms with E-state index in [0.29, 0.717) is 6.54 Å². The van der Waals surface area contributed by atoms with Gasteiger partial charge >= 0.3 is 0 Å². The zero-order chi connectivity index (χ0) is 14.5. The molecule has 0 radical (unpaired) electrons. The summed E-state index contributed by atoms with van der Waals surface area (Å²) in [4.78, 5) is 13.7. The summed E-state index contributed by atoms with van der Waals surface area (Å²) in [6, 6.07) is 9.56. The first-order chi connectivity index (χ1) is 9.58. The number of aryl methyl sites for hydroxylation is 2. The topological polar surface area (TPSA) is 47.4 Å². The molecule has 0 aliphatic carbocycles. The van der Waals surface area contributed by atoms with Gasteiger partial charge in [0.1, 0.15) is 5.75 Å². The second kappa shape index (κ2) is 6.23. The Morgan fingerprint density at radius 1 is 1.35 bits per heavy atom. The van der Waals surface area contributed by atoms with Crippen molar-refractivity contribution in [2.24, 2.45) is 7.05 Å². The normalized spacial score (nSPS) is 10.3. The maximum Gasteiger partial charge on any atom is 0.260 e. The standard InChI is InChI=1S/C15H19N3O2/c1-12-6-4-5-7-14(12)20-11-15(19)17(2)10-13-8-9-16-18(13)3/h4-9H,10-11H2,1-3H3. The van der Waals surface area contributed by atoms with Crippen molar-refractivity contribution in [3.05, 3.63) is 47.8 Å². The molecule has 0 unspecified atom stereocenters. The van der Waals surface area contributed by atoms with Gasteiger partial charge in [-0.05, 0) is 24.6 Å². The predicted molar refractivity (Wildman–Crippen MR) is 76.4 cm³/mol. The van der Waals surface area contributed by atoms with Crippen LogP contribution in [0.25, 0.3) is 0 Å². The van der Waals surface area contributed by atoms with E-state index < -0.39 is 0 Å². The first-order valence-electron chi connectivity index (χ1n) is 6.47. The van der Waals surface area contributed by atoms with E-state index in [0.717, 1.165) is 17.0 Å². The van der Waals surface area contributed by atoms with Gasteiger partial charge in [-0.2, -0.15) is 5.10 Å². The molecule has 0 saturated carbocycles. The molecule has 1 aromatic heterocycles. The summed E-state index contributed by atoms with van der Waals surface area (Å²) in [5.74, 6) is 0.684. The number of nitrogens with zero attached hydrogens (tertiary/aromatic N) is 3. The van der Waals surface area contributed by atoms with E-state index in [1.165, 1.54) is 0 Å². The number of rotatable bonds is 5. The van der Waals surface area contributed by atoms with Crippen LogP contribution in [0.2, 0.25) is 0 Å². The van der Waals surface area contributed by atoms with Gasteiger partial charge in [0, 0.05) is 20.3 Å². The number of hydrogen-bond acceptors (Lipinski definition) is 3. The van der Waals surface area contributed by atoms with Gasteiger partial charge in [-0.15, -0.1) is 0 Å². The number of likely N-dealkylation sites (N-methyl/N-ethyl adjacent to an activating group) is 1. The van der Waals surface area contributed by atoms with E-state index in [1.54, 1.807) is 22.8 Å². The molecular weight excluding hydrogens is 254 g/mol. The summed E-state index contributed by atoms with van der Waals surface area (Å²) in [7, 11) is 3.62. The molecule has 0 N–H and O–H groups in total. The Kier molecular flexibility index (Phi) is 4.40. The van der Waals surface area contributed by atoms with Crippen LogP contribution in [0.5, 0.6) is 5.75 Å². The van der Waals surface area contributed by atoms with Crippen LogP contribution in [-0.4, -0.2) is 34.2 Å². The van der Waals surface area contributed by atoms with Gasteiger partial charge < -0.3 is 9.64 Å². The second-order valence-electron chi connectivity index (χ2n) is 4.75. The lowest BCUT2D eigenvalue weighted by Gasteiger charge is -2.18. The molecule has 5 heteroatoms. The Hall–Kier alpha value is -2.30. The quantitative estimate of drug-likeness (QED) is 0.834. The van der Waals surface area contributed by atoms with Crippen molar-refractivity contribution in [3.63, 3.8) is 0 Å². The molecule has 1 aromatic carbocycles. The fourth-order valence-electron chi connectivity index (χ4n) is 1.86. The molecule has 0 spiro atoms. The van der Waals surface area contributed by atoms with Crippen molar-refractivity contribution in [1.82, 2.24) is 14.7 Å². The predicted octanol–water partition coefficient (Wildman–Crippen LogP) is 1.77. The summed E-state index contributed by atoms with van der Waals surface area (Å²) in [5, 5.41) is 4.08. The van der Waals surface area contributed by atoms with Crippen molar-refractivity contribution >= 4 is 5.91 Å². The molecular formula is C15H19N3O2. The minimum Gasteiger partial charge on any atom is -0.484 e. The molecule has 1 heterocycles. The van der Waals surface area contributed by atoms with Crippen molar-refractivity contribution in [1.29, 1.82) is 0 Å². The average molecular weight is 273 g/mol. The molecule has 0 aliphatic heterocycles. The molecule has 0 atom stereocenters. The monoisotopic (exact) mass is 273 g/mol. The summed E-state index contributed by atoms with van der Waals surface area (Å²) in [5.41, 5.74) is 2.01. The summed E-state index contributed by atoms with van der Waals surface area (Å²) >= 11 is 0. The molecule has 1 amide bonds. The van der Waals surface area contributed by atoms with Gasteiger partial charge in [0.15, 0.2) is 6.61 Å². The first-order valence-corrected chi connectivity index (χ1v) is 6.47. The third-order valence-electron chi connectivity index (χ3n) is 3.19. The highest BCUT2D eigenvalue weighted by atomic mass is 16.5. The van der Waals surface area contributed by atoms with E-state index in [-0.39, 0.29) is 12.5 Å². The number of hydrogen-bond donors (Lipinski definition) is 0. The molecule has 0 fully saturated rings. The molecule has 0 saturated heterocycles. The SMILES string of the molecule is Cc1ccccc1OCC(=O)N(C)Cc1ccnn1C. The minimum atomic E-state index is -0.0607. The number of ether oxygens (including phenoxy) is 1. The van der Waals surface area contributed by atoms with Gasteiger partial charge in [0.2, 0.25) is 0 Å². The van der Waals surface area contributed by atoms with Crippen molar-refractivity contribution < 1.29 is 9.53 Å². The van der Waals surface area contributed by atoms with Gasteiger partial charge in [0.05, 0.1) is 12.2 Å². The fourth-order valence-corrected chi connectivity index (χ4v) is 1.86. The van der Waals surface area contributed by atoms with Crippen LogP contribution in [0.3, 0.4) is 0 Å². The number of benzene rings is 1. The summed E-state index contributed by atoms with van der Waals surface area (Å²) < 4.78 is 7.31. The second-order valence-corrected chi connectivity index (χ2v) is 4.75. The van der Waals surface area contributed by atoms with Crippen LogP contribution in [0.4, 0.5) is 0 Å². The van der Waals surface area contributed by atoms with Crippen LogP contribution < -0.4 is 4.74 Å². The van der Waals surface area contributed by atoms with Crippen LogP contribution >= 0.6 is 0 Å². The van der Waals surface area contributed by atoms with Crippen molar-refractivity contribution in [3.8, 4) is 5.75 Å². The van der Waals surface area contributed by atoms with Gasteiger partial charge in [-0.25, -0.2) is 0 Å². The maximum absolute atomic E-state index is 12.0. The van der Waals surface area contributed by atoms with E-state index in [4.69, 9.17) is 4.74 Å². The number of aromatic nitrogens is 2. The number of para-hydroxylation sites is 1. The van der Waals surface area contributed by atoms with Gasteiger partial charge in [0.25, 0.3) is 5.91 Å². The van der Waals surface area contributed by atoms with E-state index in [1.807, 2.05) is 44.3 Å². The summed E-state index contributed by atoms with van der Waals surface area (Å²) in [6.45, 7) is 2.52. The van der Waals surface area contributed by atoms with Crippen LogP contribution in [0, 0.1) is 6.92 Å². The van der Waals surface area contributed by atoms with Crippen LogP contribution in [-0.2, 0) is 18.4 Å². The molecule has 2 rings (SSSR count). The average Bonchev–Trinajstić information content (AvgIpc) is 2.83. The van der Waals surface area contributed by atoms with E-state index in [2.05, 4.69) is 5.10 Å². The number of carbonyl (C=O) groups excluding carboxylic acids is 1. The largest absolute Gasteiger partial charge is 0.484 e. The Balaban J connectivity index is 1.89. The lowest BCUT2D eigenvalue weighted by molar-refractivity contribution is -0.132. The highest BCUT2D eigenvalue weighted by molar-refractivity contribution is 5.77. The molecule has 2 aromatic rings. The van der Waals surface area contributed by atoms with Gasteiger partial charge in [-0.1, -0.05) is 18.2 Å². The maximum atomic E-state index is 12.0. The van der Waals surface area contributed by atoms with Crippen LogP contribution in [0.15, 0.2) is 36.5 Å². The first kappa shape index (κ1) is 14.1. The smallest absolute Gasteiger partial charge is 0.260 e. The third kappa shape index (κ3) is 3.38. The van der Waals surface area contributed by atoms with Crippen LogP contribution in [0.1, 0.15) is 11.3 Å². The third-order valence-corrected chi connectivity index (χ3v) is 3.19. The minimum absolute atomic E-state index is 0.0409. The van der Waals surface area contributed by atoms with Crippen molar-refractivity contribution in [2.75, 3.05) is 13.7 Å². The van der Waals surface area contributed by atoms with Crippen molar-refractivity contribution in [2.45, 2.75) is 13.5 Å². The highest BCUT2D eigenvalue weighted by Crippen LogP contribution is 2.16. The lowest BCUT2D eigenvalue weighted by atomic mass is 10.2. The van der Waals surface area contributed by atoms with E-state index >= 15 is 0 Å². The number of carbonyl (C=O) groups is 1. The zero-order valence-corrected chi connectivity index (χ0v) is 12.0. The molecule has 5 nitrogen and oxygen atoms in total. The molecule has 106 valence electrons. The van der Waals surface area contributed by atoms with E-state index in [9.17, 15) is 4.79 Å². The fraction of sp³-hybridized carbons (Fsp3) is 0.333. The zero-order valence-electron chi connectivity index (χ0n) is 12.0. The Bertz CT molecular complexity index is 592. The Morgan fingerprint density at radius 2 is 2.10 bits per heavy atom.